The van der Waals surface area contributed by atoms with Crippen LogP contribution >= 0.6 is 0 Å². The highest BCUT2D eigenvalue weighted by atomic mass is 15.3. The van der Waals surface area contributed by atoms with Gasteiger partial charge in [-0.3, -0.25) is 10.00 Å². The van der Waals surface area contributed by atoms with E-state index in [1.54, 1.807) is 17.5 Å². The van der Waals surface area contributed by atoms with Crippen LogP contribution < -0.4 is 0 Å². The molecule has 1 unspecified atom stereocenters. The van der Waals surface area contributed by atoms with E-state index in [1.165, 1.54) is 45.2 Å². The minimum Gasteiger partial charge on any atom is -0.293 e. The summed E-state index contributed by atoms with van der Waals surface area (Å²) < 4.78 is 0. The van der Waals surface area contributed by atoms with Gasteiger partial charge in [0, 0.05) is 0 Å². The van der Waals surface area contributed by atoms with Crippen molar-refractivity contribution in [2.75, 3.05) is 13.1 Å². The molecule has 4 nitrogen and oxygen atoms in total. The maximum atomic E-state index is 4.36. The number of nitrogens with one attached hydrogen (secondary N) is 1. The Hall–Kier alpha value is -1.68. The van der Waals surface area contributed by atoms with E-state index >= 15 is 0 Å². The zero-order valence-corrected chi connectivity index (χ0v) is 12.3. The van der Waals surface area contributed by atoms with Crippen LogP contribution in [0.1, 0.15) is 54.6 Å². The number of aromatic amines is 1. The third-order valence-electron chi connectivity index (χ3n) is 5.13. The smallest absolute Gasteiger partial charge is 0.141 e. The molecule has 4 rings (SSSR count). The SMILES string of the molecule is c1ccc2c(c1)CCC2CCN1CCC[C@H]1c1ncn[nH]1. The van der Waals surface area contributed by atoms with E-state index in [9.17, 15) is 0 Å². The highest BCUT2D eigenvalue weighted by Gasteiger charge is 2.29. The minimum absolute atomic E-state index is 0.448. The van der Waals surface area contributed by atoms with Crippen LogP contribution in [0.3, 0.4) is 0 Å². The Balaban J connectivity index is 1.41. The number of aromatic nitrogens is 3. The molecule has 1 N–H and O–H groups in total. The zero-order chi connectivity index (χ0) is 14.1. The lowest BCUT2D eigenvalue weighted by molar-refractivity contribution is 0.239. The van der Waals surface area contributed by atoms with Crippen LogP contribution in [0.4, 0.5) is 0 Å². The van der Waals surface area contributed by atoms with Gasteiger partial charge < -0.3 is 0 Å². The van der Waals surface area contributed by atoms with Crippen LogP contribution in [0.15, 0.2) is 30.6 Å². The number of hydrogen-bond acceptors (Lipinski definition) is 3. The van der Waals surface area contributed by atoms with Crippen LogP contribution in [0, 0.1) is 0 Å². The molecule has 1 aliphatic carbocycles. The average Bonchev–Trinajstić information content (AvgIpc) is 3.25. The van der Waals surface area contributed by atoms with Gasteiger partial charge in [0.2, 0.25) is 0 Å². The quantitative estimate of drug-likeness (QED) is 0.937. The van der Waals surface area contributed by atoms with Gasteiger partial charge in [0.25, 0.3) is 0 Å². The standard InChI is InChI=1S/C17H22N4/c1-2-5-15-13(4-1)7-8-14(15)9-11-21-10-3-6-16(21)17-18-12-19-20-17/h1-2,4-5,12,14,16H,3,6-11H2,(H,18,19,20)/t14?,16-/m0/s1. The van der Waals surface area contributed by atoms with Crippen LogP contribution in [0.2, 0.25) is 0 Å². The molecule has 21 heavy (non-hydrogen) atoms. The van der Waals surface area contributed by atoms with E-state index in [-0.39, 0.29) is 0 Å². The summed E-state index contributed by atoms with van der Waals surface area (Å²) in [6.07, 6.45) is 7.94. The molecule has 0 spiro atoms. The highest BCUT2D eigenvalue weighted by Crippen LogP contribution is 2.37. The fraction of sp³-hybridized carbons (Fsp3) is 0.529. The maximum Gasteiger partial charge on any atom is 0.141 e. The number of nitrogens with zero attached hydrogens (tertiary/aromatic N) is 3. The molecule has 1 aromatic carbocycles. The molecular weight excluding hydrogens is 260 g/mol. The van der Waals surface area contributed by atoms with Crippen molar-refractivity contribution in [3.05, 3.63) is 47.5 Å². The summed E-state index contributed by atoms with van der Waals surface area (Å²) >= 11 is 0. The molecular formula is C17H22N4. The Kier molecular flexibility index (Phi) is 3.47. The molecule has 1 fully saturated rings. The lowest BCUT2D eigenvalue weighted by Crippen LogP contribution is -2.26. The van der Waals surface area contributed by atoms with Crippen molar-refractivity contribution in [2.45, 2.75) is 44.1 Å². The van der Waals surface area contributed by atoms with Crippen LogP contribution in [0.5, 0.6) is 0 Å². The first-order valence-corrected chi connectivity index (χ1v) is 8.09. The first-order chi connectivity index (χ1) is 10.4. The first-order valence-electron chi connectivity index (χ1n) is 8.09. The Labute approximate surface area is 125 Å². The normalized spacial score (nSPS) is 25.3. The van der Waals surface area contributed by atoms with Gasteiger partial charge in [-0.05, 0) is 62.2 Å². The first kappa shape index (κ1) is 13.0. The second kappa shape index (κ2) is 5.60. The van der Waals surface area contributed by atoms with Gasteiger partial charge in [0.1, 0.15) is 12.2 Å². The van der Waals surface area contributed by atoms with Gasteiger partial charge in [-0.1, -0.05) is 24.3 Å². The molecule has 110 valence electrons. The molecule has 2 aromatic rings. The van der Waals surface area contributed by atoms with Crippen molar-refractivity contribution in [1.82, 2.24) is 20.1 Å². The summed E-state index contributed by atoms with van der Waals surface area (Å²) in [5, 5.41) is 7.06. The molecule has 1 aliphatic heterocycles. The number of fused-ring (bicyclic) bond motifs is 1. The largest absolute Gasteiger partial charge is 0.293 e. The molecule has 4 heteroatoms. The molecule has 0 bridgehead atoms. The summed E-state index contributed by atoms with van der Waals surface area (Å²) in [6, 6.07) is 9.42. The summed E-state index contributed by atoms with van der Waals surface area (Å²) in [5.74, 6) is 1.79. The second-order valence-electron chi connectivity index (χ2n) is 6.29. The van der Waals surface area contributed by atoms with Gasteiger partial charge in [-0.2, -0.15) is 5.10 Å². The maximum absolute atomic E-state index is 4.36. The lowest BCUT2D eigenvalue weighted by atomic mass is 9.97. The summed E-state index contributed by atoms with van der Waals surface area (Å²) in [6.45, 7) is 2.37. The highest BCUT2D eigenvalue weighted by molar-refractivity contribution is 5.34. The molecule has 2 heterocycles. The monoisotopic (exact) mass is 282 g/mol. The molecule has 2 aliphatic rings. The molecule has 1 saturated heterocycles. The van der Waals surface area contributed by atoms with E-state index < -0.39 is 0 Å². The van der Waals surface area contributed by atoms with Crippen molar-refractivity contribution in [3.8, 4) is 0 Å². The number of aryl methyl sites for hydroxylation is 1. The van der Waals surface area contributed by atoms with Gasteiger partial charge in [0.15, 0.2) is 0 Å². The third kappa shape index (κ3) is 2.48. The number of likely N-dealkylation sites (tertiary alicyclic amines) is 1. The van der Waals surface area contributed by atoms with Crippen molar-refractivity contribution in [1.29, 1.82) is 0 Å². The summed E-state index contributed by atoms with van der Waals surface area (Å²) in [4.78, 5) is 6.94. The Morgan fingerprint density at radius 1 is 1.24 bits per heavy atom. The van der Waals surface area contributed by atoms with Crippen molar-refractivity contribution in [2.24, 2.45) is 0 Å². The van der Waals surface area contributed by atoms with E-state index in [2.05, 4.69) is 44.3 Å². The third-order valence-corrected chi connectivity index (χ3v) is 5.13. The van der Waals surface area contributed by atoms with Gasteiger partial charge in [0.05, 0.1) is 6.04 Å². The van der Waals surface area contributed by atoms with Gasteiger partial charge in [-0.25, -0.2) is 4.98 Å². The molecule has 0 radical (unpaired) electrons. The fourth-order valence-electron chi connectivity index (χ4n) is 4.05. The number of rotatable bonds is 4. The van der Waals surface area contributed by atoms with Gasteiger partial charge in [-0.15, -0.1) is 0 Å². The minimum atomic E-state index is 0.448. The Morgan fingerprint density at radius 3 is 3.10 bits per heavy atom. The van der Waals surface area contributed by atoms with E-state index in [0.29, 0.717) is 6.04 Å². The Morgan fingerprint density at radius 2 is 2.19 bits per heavy atom. The fourth-order valence-corrected chi connectivity index (χ4v) is 4.05. The zero-order valence-electron chi connectivity index (χ0n) is 12.3. The number of H-pyrrole nitrogens is 1. The van der Waals surface area contributed by atoms with Crippen molar-refractivity contribution >= 4 is 0 Å². The number of benzene rings is 1. The topological polar surface area (TPSA) is 44.8 Å². The molecule has 0 amide bonds. The molecule has 0 saturated carbocycles. The number of hydrogen-bond donors (Lipinski definition) is 1. The average molecular weight is 282 g/mol. The van der Waals surface area contributed by atoms with E-state index in [0.717, 1.165) is 11.7 Å². The Bertz CT molecular complexity index is 593. The van der Waals surface area contributed by atoms with Gasteiger partial charge >= 0.3 is 0 Å². The van der Waals surface area contributed by atoms with Crippen molar-refractivity contribution in [3.63, 3.8) is 0 Å². The lowest BCUT2D eigenvalue weighted by Gasteiger charge is -2.24. The van der Waals surface area contributed by atoms with Crippen LogP contribution in [0.25, 0.3) is 0 Å². The van der Waals surface area contributed by atoms with E-state index in [4.69, 9.17) is 0 Å². The van der Waals surface area contributed by atoms with Crippen LogP contribution in [-0.4, -0.2) is 33.2 Å². The predicted octanol–water partition coefficient (Wildman–Crippen LogP) is 3.06. The van der Waals surface area contributed by atoms with Crippen LogP contribution in [-0.2, 0) is 6.42 Å². The summed E-state index contributed by atoms with van der Waals surface area (Å²) in [5.41, 5.74) is 3.16. The molecule has 1 aromatic heterocycles. The second-order valence-corrected chi connectivity index (χ2v) is 6.29. The van der Waals surface area contributed by atoms with E-state index in [1.807, 2.05) is 0 Å². The molecule has 2 atom stereocenters. The van der Waals surface area contributed by atoms with Crippen molar-refractivity contribution < 1.29 is 0 Å². The predicted molar refractivity (Wildman–Crippen MR) is 82.1 cm³/mol. The summed E-state index contributed by atoms with van der Waals surface area (Å²) in [7, 11) is 0.